The summed E-state index contributed by atoms with van der Waals surface area (Å²) in [5, 5.41) is 3.20. The summed E-state index contributed by atoms with van der Waals surface area (Å²) >= 11 is 1.24. The highest BCUT2D eigenvalue weighted by Crippen LogP contribution is 2.28. The maximum absolute atomic E-state index is 12.5. The van der Waals surface area contributed by atoms with Crippen LogP contribution in [-0.2, 0) is 22.8 Å². The van der Waals surface area contributed by atoms with E-state index in [1.807, 2.05) is 4.57 Å². The van der Waals surface area contributed by atoms with Crippen molar-refractivity contribution in [3.8, 4) is 0 Å². The van der Waals surface area contributed by atoms with Gasteiger partial charge in [0.25, 0.3) is 5.91 Å². The van der Waals surface area contributed by atoms with Crippen molar-refractivity contribution in [2.24, 2.45) is 5.92 Å². The smallest absolute Gasteiger partial charge is 0.277 e. The van der Waals surface area contributed by atoms with E-state index >= 15 is 0 Å². The van der Waals surface area contributed by atoms with Gasteiger partial charge in [0.15, 0.2) is 15.0 Å². The summed E-state index contributed by atoms with van der Waals surface area (Å²) in [7, 11) is -3.28. The van der Waals surface area contributed by atoms with E-state index < -0.39 is 9.84 Å². The number of carbonyl (C=O) groups excluding carboxylic acids is 1. The summed E-state index contributed by atoms with van der Waals surface area (Å²) in [6.07, 6.45) is 4.92. The van der Waals surface area contributed by atoms with E-state index in [0.29, 0.717) is 27.0 Å². The summed E-state index contributed by atoms with van der Waals surface area (Å²) in [6, 6.07) is 4.75. The number of fused-ring (bicyclic) bond motifs is 2. The van der Waals surface area contributed by atoms with Gasteiger partial charge in [-0.2, -0.15) is 0 Å². The third-order valence-corrected chi connectivity index (χ3v) is 6.54. The summed E-state index contributed by atoms with van der Waals surface area (Å²) in [5.41, 5.74) is 1.03. The minimum Gasteiger partial charge on any atom is -0.334 e. The van der Waals surface area contributed by atoms with Crippen LogP contribution in [0.25, 0.3) is 10.2 Å². The molecule has 26 heavy (non-hydrogen) atoms. The van der Waals surface area contributed by atoms with Gasteiger partial charge in [-0.25, -0.2) is 18.4 Å². The number of aryl methyl sites for hydroxylation is 1. The van der Waals surface area contributed by atoms with Gasteiger partial charge < -0.3 is 4.57 Å². The Balaban J connectivity index is 1.58. The van der Waals surface area contributed by atoms with Gasteiger partial charge in [-0.05, 0) is 30.5 Å². The van der Waals surface area contributed by atoms with Crippen LogP contribution in [0.15, 0.2) is 29.3 Å². The zero-order valence-corrected chi connectivity index (χ0v) is 16.0. The molecule has 1 aliphatic heterocycles. The standard InChI is InChI=1S/C17H18N4O3S2/c1-10-5-6-21-9-13(18-15(21)7-10)16(22)20-17-19-12-4-3-11(26(2,23)24)8-14(12)25-17/h3-4,8-10H,5-7H2,1-2H3,(H,19,20,22). The van der Waals surface area contributed by atoms with E-state index in [1.54, 1.807) is 18.3 Å². The van der Waals surface area contributed by atoms with Crippen LogP contribution < -0.4 is 5.32 Å². The minimum absolute atomic E-state index is 0.238. The van der Waals surface area contributed by atoms with E-state index in [9.17, 15) is 13.2 Å². The lowest BCUT2D eigenvalue weighted by Crippen LogP contribution is -2.16. The van der Waals surface area contributed by atoms with E-state index in [1.165, 1.54) is 23.7 Å². The molecule has 0 saturated heterocycles. The summed E-state index contributed by atoms with van der Waals surface area (Å²) in [5.74, 6) is 1.21. The Morgan fingerprint density at radius 3 is 2.92 bits per heavy atom. The number of imidazole rings is 1. The molecule has 0 bridgehead atoms. The van der Waals surface area contributed by atoms with Gasteiger partial charge >= 0.3 is 0 Å². The Kier molecular flexibility index (Phi) is 4.07. The van der Waals surface area contributed by atoms with Crippen LogP contribution in [0.5, 0.6) is 0 Å². The van der Waals surface area contributed by atoms with E-state index in [0.717, 1.165) is 25.2 Å². The highest BCUT2D eigenvalue weighted by molar-refractivity contribution is 7.90. The first kappa shape index (κ1) is 17.2. The first-order chi connectivity index (χ1) is 12.3. The average molecular weight is 390 g/mol. The maximum atomic E-state index is 12.5. The molecule has 9 heteroatoms. The Bertz CT molecular complexity index is 1110. The third-order valence-electron chi connectivity index (χ3n) is 4.49. The number of anilines is 1. The Morgan fingerprint density at radius 2 is 2.15 bits per heavy atom. The molecule has 0 saturated carbocycles. The molecule has 0 radical (unpaired) electrons. The molecule has 1 aromatic carbocycles. The number of benzene rings is 1. The van der Waals surface area contributed by atoms with Crippen LogP contribution in [0.4, 0.5) is 5.13 Å². The second kappa shape index (κ2) is 6.17. The molecule has 1 atom stereocenters. The lowest BCUT2D eigenvalue weighted by atomic mass is 10.0. The van der Waals surface area contributed by atoms with Crippen LogP contribution >= 0.6 is 11.3 Å². The number of thiazole rings is 1. The monoisotopic (exact) mass is 390 g/mol. The van der Waals surface area contributed by atoms with Gasteiger partial charge in [-0.3, -0.25) is 10.1 Å². The van der Waals surface area contributed by atoms with Gasteiger partial charge in [0.1, 0.15) is 11.5 Å². The van der Waals surface area contributed by atoms with E-state index in [2.05, 4.69) is 22.2 Å². The van der Waals surface area contributed by atoms with Crippen LogP contribution in [0, 0.1) is 5.92 Å². The quantitative estimate of drug-likeness (QED) is 0.742. The summed E-state index contributed by atoms with van der Waals surface area (Å²) in [6.45, 7) is 3.07. The lowest BCUT2D eigenvalue weighted by molar-refractivity contribution is 0.102. The van der Waals surface area contributed by atoms with Crippen LogP contribution in [-0.4, -0.2) is 35.1 Å². The molecular formula is C17H18N4O3S2. The molecule has 3 heterocycles. The van der Waals surface area contributed by atoms with Crippen molar-refractivity contribution in [3.63, 3.8) is 0 Å². The SMILES string of the molecule is CC1CCn2cc(C(=O)Nc3nc4ccc(S(C)(=O)=O)cc4s3)nc2C1. The van der Waals surface area contributed by atoms with Crippen molar-refractivity contribution in [2.75, 3.05) is 11.6 Å². The molecule has 1 amide bonds. The zero-order valence-electron chi connectivity index (χ0n) is 14.4. The largest absolute Gasteiger partial charge is 0.334 e. The number of sulfone groups is 1. The number of rotatable bonds is 3. The first-order valence-corrected chi connectivity index (χ1v) is 11.0. The van der Waals surface area contributed by atoms with Crippen molar-refractivity contribution in [3.05, 3.63) is 35.9 Å². The number of nitrogens with one attached hydrogen (secondary N) is 1. The van der Waals surface area contributed by atoms with Crippen LogP contribution in [0.2, 0.25) is 0 Å². The van der Waals surface area contributed by atoms with Crippen molar-refractivity contribution >= 4 is 42.4 Å². The number of hydrogen-bond donors (Lipinski definition) is 1. The third kappa shape index (κ3) is 3.24. The van der Waals surface area contributed by atoms with Crippen LogP contribution in [0.1, 0.15) is 29.7 Å². The van der Waals surface area contributed by atoms with Crippen molar-refractivity contribution < 1.29 is 13.2 Å². The number of hydrogen-bond acceptors (Lipinski definition) is 6. The average Bonchev–Trinajstić information content (AvgIpc) is 3.15. The topological polar surface area (TPSA) is 94.0 Å². The van der Waals surface area contributed by atoms with E-state index in [4.69, 9.17) is 0 Å². The molecule has 7 nitrogen and oxygen atoms in total. The Labute approximate surface area is 155 Å². The molecule has 0 fully saturated rings. The highest BCUT2D eigenvalue weighted by Gasteiger charge is 2.21. The number of carbonyl (C=O) groups is 1. The zero-order chi connectivity index (χ0) is 18.5. The van der Waals surface area contributed by atoms with Gasteiger partial charge in [0.05, 0.1) is 15.1 Å². The second-order valence-corrected chi connectivity index (χ2v) is 9.75. The first-order valence-electron chi connectivity index (χ1n) is 8.27. The molecule has 0 spiro atoms. The molecule has 1 aliphatic rings. The Morgan fingerprint density at radius 1 is 1.35 bits per heavy atom. The fraction of sp³-hybridized carbons (Fsp3) is 0.353. The molecule has 0 aliphatic carbocycles. The number of aromatic nitrogens is 3. The van der Waals surface area contributed by atoms with Crippen molar-refractivity contribution in [1.29, 1.82) is 0 Å². The summed E-state index contributed by atoms with van der Waals surface area (Å²) in [4.78, 5) is 21.5. The number of nitrogens with zero attached hydrogens (tertiary/aromatic N) is 3. The van der Waals surface area contributed by atoms with Crippen molar-refractivity contribution in [1.82, 2.24) is 14.5 Å². The lowest BCUT2D eigenvalue weighted by Gasteiger charge is -2.18. The highest BCUT2D eigenvalue weighted by atomic mass is 32.2. The molecule has 2 aromatic heterocycles. The van der Waals surface area contributed by atoms with Crippen LogP contribution in [0.3, 0.4) is 0 Å². The Hall–Kier alpha value is -2.26. The molecular weight excluding hydrogens is 372 g/mol. The molecule has 1 unspecified atom stereocenters. The van der Waals surface area contributed by atoms with Crippen molar-refractivity contribution in [2.45, 2.75) is 31.2 Å². The van der Waals surface area contributed by atoms with Gasteiger partial charge in [0, 0.05) is 25.4 Å². The predicted octanol–water partition coefficient (Wildman–Crippen LogP) is 2.73. The van der Waals surface area contributed by atoms with Gasteiger partial charge in [-0.1, -0.05) is 18.3 Å². The van der Waals surface area contributed by atoms with Gasteiger partial charge in [0.2, 0.25) is 0 Å². The molecule has 4 rings (SSSR count). The maximum Gasteiger partial charge on any atom is 0.277 e. The second-order valence-electron chi connectivity index (χ2n) is 6.71. The molecule has 1 N–H and O–H groups in total. The van der Waals surface area contributed by atoms with E-state index in [-0.39, 0.29) is 10.8 Å². The molecule has 3 aromatic rings. The fourth-order valence-electron chi connectivity index (χ4n) is 3.04. The summed E-state index contributed by atoms with van der Waals surface area (Å²) < 4.78 is 26.1. The van der Waals surface area contributed by atoms with Gasteiger partial charge in [-0.15, -0.1) is 0 Å². The molecule has 136 valence electrons. The normalized spacial score (nSPS) is 17.2. The fourth-order valence-corrected chi connectivity index (χ4v) is 4.67. The number of amides is 1. The minimum atomic E-state index is -3.28. The predicted molar refractivity (Wildman–Crippen MR) is 100 cm³/mol.